The third-order valence-electron chi connectivity index (χ3n) is 7.36. The van der Waals surface area contributed by atoms with Gasteiger partial charge in [0.05, 0.1) is 0 Å². The number of nitrogens with zero attached hydrogens (tertiary/aromatic N) is 3. The molecule has 30 heavy (non-hydrogen) atoms. The van der Waals surface area contributed by atoms with E-state index in [1.165, 1.54) is 25.7 Å². The van der Waals surface area contributed by atoms with Gasteiger partial charge in [-0.3, -0.25) is 9.79 Å². The molecule has 3 fully saturated rings. The van der Waals surface area contributed by atoms with Crippen LogP contribution in [-0.4, -0.2) is 59.5 Å². The van der Waals surface area contributed by atoms with Crippen LogP contribution in [0.2, 0.25) is 0 Å². The minimum absolute atomic E-state index is 0.0107. The highest BCUT2D eigenvalue weighted by atomic mass is 16.3. The van der Waals surface area contributed by atoms with Crippen LogP contribution in [0.4, 0.5) is 0 Å². The molecule has 3 N–H and O–H groups in total. The lowest BCUT2D eigenvalue weighted by Crippen LogP contribution is -2.58. The quantitative estimate of drug-likeness (QED) is 0.575. The first kappa shape index (κ1) is 21.2. The SMILES string of the molecule is NC(=NCC1CCCC1)N1CCN(C(=O)[C@](O)(c2ccccc2)C2CCCC2)CC1. The van der Waals surface area contributed by atoms with Gasteiger partial charge >= 0.3 is 0 Å². The molecule has 0 radical (unpaired) electrons. The summed E-state index contributed by atoms with van der Waals surface area (Å²) < 4.78 is 0. The van der Waals surface area contributed by atoms with Crippen molar-refractivity contribution in [3.8, 4) is 0 Å². The van der Waals surface area contributed by atoms with E-state index < -0.39 is 5.60 Å². The summed E-state index contributed by atoms with van der Waals surface area (Å²) in [5, 5.41) is 11.7. The molecule has 4 rings (SSSR count). The Morgan fingerprint density at radius 2 is 1.53 bits per heavy atom. The predicted octanol–water partition coefficient (Wildman–Crippen LogP) is 2.71. The second-order valence-electron chi connectivity index (χ2n) is 9.24. The summed E-state index contributed by atoms with van der Waals surface area (Å²) in [4.78, 5) is 22.1. The molecule has 0 unspecified atom stereocenters. The molecular weight excluding hydrogens is 376 g/mol. The summed E-state index contributed by atoms with van der Waals surface area (Å²) in [5.74, 6) is 1.12. The number of guanidine groups is 1. The highest BCUT2D eigenvalue weighted by Crippen LogP contribution is 2.42. The van der Waals surface area contributed by atoms with E-state index in [0.717, 1.165) is 37.8 Å². The molecule has 1 aromatic carbocycles. The Kier molecular flexibility index (Phi) is 6.61. The van der Waals surface area contributed by atoms with Gasteiger partial charge in [-0.15, -0.1) is 0 Å². The maximum atomic E-state index is 13.6. The third-order valence-corrected chi connectivity index (χ3v) is 7.36. The van der Waals surface area contributed by atoms with Crippen molar-refractivity contribution in [2.24, 2.45) is 22.6 Å². The largest absolute Gasteiger partial charge is 0.375 e. The molecule has 0 aromatic heterocycles. The summed E-state index contributed by atoms with van der Waals surface area (Å²) in [6, 6.07) is 9.51. The van der Waals surface area contributed by atoms with Gasteiger partial charge in [0.15, 0.2) is 11.6 Å². The standard InChI is InChI=1S/C24H36N4O2/c25-23(26-18-19-8-4-5-9-19)28-16-14-27(15-17-28)22(29)24(30,21-12-6-7-13-21)20-10-2-1-3-11-20/h1-3,10-11,19,21,30H,4-9,12-18H2,(H2,25,26)/t24-/m0/s1. The van der Waals surface area contributed by atoms with Gasteiger partial charge in [0, 0.05) is 38.6 Å². The van der Waals surface area contributed by atoms with E-state index in [9.17, 15) is 9.90 Å². The van der Waals surface area contributed by atoms with Gasteiger partial charge in [-0.1, -0.05) is 56.0 Å². The smallest absolute Gasteiger partial charge is 0.259 e. The summed E-state index contributed by atoms with van der Waals surface area (Å²) in [6.07, 6.45) is 9.11. The van der Waals surface area contributed by atoms with Crippen molar-refractivity contribution in [3.63, 3.8) is 0 Å². The van der Waals surface area contributed by atoms with Gasteiger partial charge in [-0.25, -0.2) is 0 Å². The maximum Gasteiger partial charge on any atom is 0.259 e. The van der Waals surface area contributed by atoms with Crippen LogP contribution < -0.4 is 5.73 Å². The minimum atomic E-state index is -1.43. The number of carbonyl (C=O) groups excluding carboxylic acids is 1. The zero-order valence-corrected chi connectivity index (χ0v) is 18.0. The van der Waals surface area contributed by atoms with Crippen LogP contribution in [0.25, 0.3) is 0 Å². The van der Waals surface area contributed by atoms with E-state index in [4.69, 9.17) is 5.73 Å². The highest BCUT2D eigenvalue weighted by Gasteiger charge is 2.48. The van der Waals surface area contributed by atoms with Crippen molar-refractivity contribution >= 4 is 11.9 Å². The number of aliphatic imine (C=N–C) groups is 1. The first-order chi connectivity index (χ1) is 14.6. The molecule has 164 valence electrons. The fraction of sp³-hybridized carbons (Fsp3) is 0.667. The van der Waals surface area contributed by atoms with Crippen molar-refractivity contribution in [1.29, 1.82) is 0 Å². The average molecular weight is 413 g/mol. The van der Waals surface area contributed by atoms with Crippen molar-refractivity contribution in [2.45, 2.75) is 57.0 Å². The molecule has 1 saturated heterocycles. The number of nitrogens with two attached hydrogens (primary N) is 1. The first-order valence-electron chi connectivity index (χ1n) is 11.7. The van der Waals surface area contributed by atoms with Gasteiger partial charge in [0.25, 0.3) is 5.91 Å². The Balaban J connectivity index is 1.41. The Morgan fingerprint density at radius 1 is 0.967 bits per heavy atom. The second-order valence-corrected chi connectivity index (χ2v) is 9.24. The van der Waals surface area contributed by atoms with E-state index in [1.54, 1.807) is 0 Å². The normalized spacial score (nSPS) is 23.7. The highest BCUT2D eigenvalue weighted by molar-refractivity contribution is 5.87. The Labute approximate surface area is 180 Å². The van der Waals surface area contributed by atoms with Crippen LogP contribution in [-0.2, 0) is 10.4 Å². The lowest BCUT2D eigenvalue weighted by molar-refractivity contribution is -0.160. The van der Waals surface area contributed by atoms with E-state index in [2.05, 4.69) is 9.89 Å². The molecule has 3 aliphatic rings. The van der Waals surface area contributed by atoms with Crippen LogP contribution in [0.5, 0.6) is 0 Å². The molecule has 2 saturated carbocycles. The lowest BCUT2D eigenvalue weighted by atomic mass is 9.79. The fourth-order valence-corrected chi connectivity index (χ4v) is 5.46. The van der Waals surface area contributed by atoms with Gasteiger partial charge < -0.3 is 20.6 Å². The van der Waals surface area contributed by atoms with Crippen LogP contribution in [0.15, 0.2) is 35.3 Å². The number of carbonyl (C=O) groups is 1. The predicted molar refractivity (Wildman–Crippen MR) is 119 cm³/mol. The number of amides is 1. The minimum Gasteiger partial charge on any atom is -0.375 e. The van der Waals surface area contributed by atoms with E-state index in [-0.39, 0.29) is 11.8 Å². The second kappa shape index (κ2) is 9.38. The van der Waals surface area contributed by atoms with Gasteiger partial charge in [-0.2, -0.15) is 0 Å². The Hall–Kier alpha value is -2.08. The van der Waals surface area contributed by atoms with Crippen molar-refractivity contribution in [1.82, 2.24) is 9.80 Å². The van der Waals surface area contributed by atoms with Crippen molar-refractivity contribution in [2.75, 3.05) is 32.7 Å². The molecule has 1 aromatic rings. The van der Waals surface area contributed by atoms with Crippen molar-refractivity contribution in [3.05, 3.63) is 35.9 Å². The van der Waals surface area contributed by atoms with Crippen LogP contribution in [0.1, 0.15) is 56.9 Å². The Morgan fingerprint density at radius 3 is 2.17 bits per heavy atom. The van der Waals surface area contributed by atoms with Crippen molar-refractivity contribution < 1.29 is 9.90 Å². The topological polar surface area (TPSA) is 82.2 Å². The molecule has 6 nitrogen and oxygen atoms in total. The van der Waals surface area contributed by atoms with E-state index in [0.29, 0.717) is 38.1 Å². The van der Waals surface area contributed by atoms with Gasteiger partial charge in [0.1, 0.15) is 0 Å². The molecule has 1 amide bonds. The fourth-order valence-electron chi connectivity index (χ4n) is 5.46. The van der Waals surface area contributed by atoms with Crippen LogP contribution >= 0.6 is 0 Å². The summed E-state index contributed by atoms with van der Waals surface area (Å²) in [7, 11) is 0. The zero-order valence-electron chi connectivity index (χ0n) is 18.0. The average Bonchev–Trinajstić information content (AvgIpc) is 3.52. The molecule has 6 heteroatoms. The monoisotopic (exact) mass is 412 g/mol. The van der Waals surface area contributed by atoms with Crippen LogP contribution in [0, 0.1) is 11.8 Å². The van der Waals surface area contributed by atoms with E-state index in [1.807, 2.05) is 35.2 Å². The number of piperazine rings is 1. The summed E-state index contributed by atoms with van der Waals surface area (Å²) in [6.45, 7) is 3.30. The molecule has 1 atom stereocenters. The number of aliphatic hydroxyl groups is 1. The molecule has 1 aliphatic heterocycles. The van der Waals surface area contributed by atoms with Gasteiger partial charge in [0.2, 0.25) is 0 Å². The summed E-state index contributed by atoms with van der Waals surface area (Å²) >= 11 is 0. The van der Waals surface area contributed by atoms with E-state index >= 15 is 0 Å². The lowest BCUT2D eigenvalue weighted by Gasteiger charge is -2.41. The molecule has 0 bridgehead atoms. The number of hydrogen-bond acceptors (Lipinski definition) is 3. The molecule has 0 spiro atoms. The third kappa shape index (κ3) is 4.34. The van der Waals surface area contributed by atoms with Gasteiger partial charge in [-0.05, 0) is 37.2 Å². The molecule has 2 aliphatic carbocycles. The summed E-state index contributed by atoms with van der Waals surface area (Å²) in [5.41, 5.74) is 5.54. The van der Waals surface area contributed by atoms with Crippen LogP contribution in [0.3, 0.4) is 0 Å². The maximum absolute atomic E-state index is 13.6. The number of rotatable bonds is 5. The molecular formula is C24H36N4O2. The molecule has 1 heterocycles. The number of hydrogen-bond donors (Lipinski definition) is 2. The Bertz CT molecular complexity index is 733. The number of benzene rings is 1. The first-order valence-corrected chi connectivity index (χ1v) is 11.7. The zero-order chi connectivity index (χ0) is 21.0.